The van der Waals surface area contributed by atoms with Gasteiger partial charge in [0.2, 0.25) is 0 Å². The van der Waals surface area contributed by atoms with Crippen molar-refractivity contribution in [2.75, 3.05) is 19.0 Å². The van der Waals surface area contributed by atoms with Crippen molar-refractivity contribution in [1.82, 2.24) is 5.32 Å². The summed E-state index contributed by atoms with van der Waals surface area (Å²) in [5.41, 5.74) is 1.32. The van der Waals surface area contributed by atoms with Gasteiger partial charge in [0.1, 0.15) is 0 Å². The Balaban J connectivity index is 2.94. The summed E-state index contributed by atoms with van der Waals surface area (Å²) >= 11 is 0. The summed E-state index contributed by atoms with van der Waals surface area (Å²) in [5, 5.41) is 5.58. The molecule has 0 atom stereocenters. The van der Waals surface area contributed by atoms with Crippen LogP contribution in [-0.4, -0.2) is 20.0 Å². The van der Waals surface area contributed by atoms with Gasteiger partial charge in [-0.05, 0) is 35.9 Å². The van der Waals surface area contributed by atoms with Gasteiger partial charge < -0.3 is 20.1 Å². The molecule has 0 aromatic heterocycles. The van der Waals surface area contributed by atoms with Crippen LogP contribution in [0.1, 0.15) is 19.4 Å². The van der Waals surface area contributed by atoms with Gasteiger partial charge in [0, 0.05) is 19.4 Å². The Bertz CT molecular complexity index is 569. The molecule has 0 aliphatic rings. The lowest BCUT2D eigenvalue weighted by atomic mass is 10.2. The third-order valence-corrected chi connectivity index (χ3v) is 2.74. The second kappa shape index (κ2) is 9.22. The zero-order valence-electron chi connectivity index (χ0n) is 14.0. The van der Waals surface area contributed by atoms with Gasteiger partial charge in [-0.15, -0.1) is 13.2 Å². The highest BCUT2D eigenvalue weighted by molar-refractivity contribution is 5.62. The molecule has 0 saturated heterocycles. The largest absolute Gasteiger partial charge is 0.573 e. The Labute approximate surface area is 140 Å². The molecule has 4 nitrogen and oxygen atoms in total. The van der Waals surface area contributed by atoms with Gasteiger partial charge in [-0.2, -0.15) is 0 Å². The van der Waals surface area contributed by atoms with Crippen LogP contribution in [0.15, 0.2) is 42.8 Å². The standard InChI is InChI=1S/C17H23F3N2O2/c1-12(2)10-23-11-14-5-6-16(24-17(18,19)20)15(9-14)22-13(3)7-8-21-4/h5-9,12,21-22H,3,10-11H2,1-2,4H3. The van der Waals surface area contributed by atoms with Gasteiger partial charge in [0.15, 0.2) is 5.75 Å². The Hall–Kier alpha value is -2.15. The fourth-order valence-corrected chi connectivity index (χ4v) is 1.79. The molecule has 0 spiro atoms. The molecule has 0 aliphatic heterocycles. The first-order chi connectivity index (χ1) is 11.2. The number of hydrogen-bond donors (Lipinski definition) is 2. The molecule has 0 radical (unpaired) electrons. The summed E-state index contributed by atoms with van der Waals surface area (Å²) in [7, 11) is 1.70. The molecule has 0 bridgehead atoms. The highest BCUT2D eigenvalue weighted by Gasteiger charge is 2.32. The quantitative estimate of drug-likeness (QED) is 0.651. The summed E-state index contributed by atoms with van der Waals surface area (Å²) in [6.45, 7) is 8.65. The zero-order chi connectivity index (χ0) is 18.2. The Morgan fingerprint density at radius 2 is 2.04 bits per heavy atom. The van der Waals surface area contributed by atoms with Gasteiger partial charge in [-0.1, -0.05) is 26.5 Å². The highest BCUT2D eigenvalue weighted by Crippen LogP contribution is 2.32. The maximum Gasteiger partial charge on any atom is 0.573 e. The van der Waals surface area contributed by atoms with Crippen molar-refractivity contribution in [1.29, 1.82) is 0 Å². The summed E-state index contributed by atoms with van der Waals surface area (Å²) < 4.78 is 47.2. The summed E-state index contributed by atoms with van der Waals surface area (Å²) in [5.74, 6) is 0.0519. The molecular formula is C17H23F3N2O2. The number of ether oxygens (including phenoxy) is 2. The molecular weight excluding hydrogens is 321 g/mol. The van der Waals surface area contributed by atoms with Gasteiger partial charge in [-0.3, -0.25) is 0 Å². The average Bonchev–Trinajstić information content (AvgIpc) is 2.46. The van der Waals surface area contributed by atoms with E-state index in [0.29, 0.717) is 24.8 Å². The number of halogens is 3. The molecule has 1 aromatic carbocycles. The smallest absolute Gasteiger partial charge is 0.404 e. The molecule has 0 heterocycles. The van der Waals surface area contributed by atoms with Crippen molar-refractivity contribution in [3.05, 3.63) is 48.3 Å². The molecule has 2 N–H and O–H groups in total. The van der Waals surface area contributed by atoms with E-state index >= 15 is 0 Å². The van der Waals surface area contributed by atoms with Crippen LogP contribution in [0, 0.1) is 5.92 Å². The summed E-state index contributed by atoms with van der Waals surface area (Å²) in [6, 6.07) is 4.36. The summed E-state index contributed by atoms with van der Waals surface area (Å²) in [4.78, 5) is 0. The number of anilines is 1. The van der Waals surface area contributed by atoms with E-state index in [1.807, 2.05) is 13.8 Å². The molecule has 0 saturated carbocycles. The van der Waals surface area contributed by atoms with E-state index in [0.717, 1.165) is 5.56 Å². The SMILES string of the molecule is C=C(C=CNC)Nc1cc(COCC(C)C)ccc1OC(F)(F)F. The predicted molar refractivity (Wildman–Crippen MR) is 88.6 cm³/mol. The van der Waals surface area contributed by atoms with Crippen molar-refractivity contribution in [3.63, 3.8) is 0 Å². The van der Waals surface area contributed by atoms with Crippen LogP contribution >= 0.6 is 0 Å². The van der Waals surface area contributed by atoms with Crippen molar-refractivity contribution < 1.29 is 22.6 Å². The van der Waals surface area contributed by atoms with Crippen molar-refractivity contribution in [2.45, 2.75) is 26.8 Å². The maximum atomic E-state index is 12.5. The molecule has 24 heavy (non-hydrogen) atoms. The predicted octanol–water partition coefficient (Wildman–Crippen LogP) is 4.42. The number of nitrogens with one attached hydrogen (secondary N) is 2. The van der Waals surface area contributed by atoms with E-state index in [4.69, 9.17) is 4.74 Å². The van der Waals surface area contributed by atoms with E-state index < -0.39 is 6.36 Å². The van der Waals surface area contributed by atoms with Crippen LogP contribution in [0.25, 0.3) is 0 Å². The molecule has 134 valence electrons. The number of allylic oxidation sites excluding steroid dienone is 1. The van der Waals surface area contributed by atoms with Crippen LogP contribution in [-0.2, 0) is 11.3 Å². The third kappa shape index (κ3) is 7.92. The van der Waals surface area contributed by atoms with Gasteiger partial charge in [0.25, 0.3) is 0 Å². The lowest BCUT2D eigenvalue weighted by Gasteiger charge is -2.16. The van der Waals surface area contributed by atoms with Crippen LogP contribution in [0.2, 0.25) is 0 Å². The van der Waals surface area contributed by atoms with E-state index in [1.165, 1.54) is 6.07 Å². The Morgan fingerprint density at radius 1 is 1.33 bits per heavy atom. The monoisotopic (exact) mass is 344 g/mol. The molecule has 0 amide bonds. The van der Waals surface area contributed by atoms with Gasteiger partial charge >= 0.3 is 6.36 Å². The van der Waals surface area contributed by atoms with E-state index in [9.17, 15) is 13.2 Å². The van der Waals surface area contributed by atoms with Gasteiger partial charge in [-0.25, -0.2) is 0 Å². The number of hydrogen-bond acceptors (Lipinski definition) is 4. The number of alkyl halides is 3. The van der Waals surface area contributed by atoms with E-state index in [2.05, 4.69) is 21.9 Å². The molecule has 0 aliphatic carbocycles. The first kappa shape index (κ1) is 19.9. The Morgan fingerprint density at radius 3 is 2.62 bits per heavy atom. The second-order valence-electron chi connectivity index (χ2n) is 5.56. The lowest BCUT2D eigenvalue weighted by molar-refractivity contribution is -0.274. The normalized spacial score (nSPS) is 11.8. The topological polar surface area (TPSA) is 42.5 Å². The van der Waals surface area contributed by atoms with Crippen LogP contribution < -0.4 is 15.4 Å². The van der Waals surface area contributed by atoms with Crippen molar-refractivity contribution >= 4 is 5.69 Å². The number of benzene rings is 1. The second-order valence-corrected chi connectivity index (χ2v) is 5.56. The zero-order valence-corrected chi connectivity index (χ0v) is 14.0. The number of rotatable bonds is 9. The average molecular weight is 344 g/mol. The maximum absolute atomic E-state index is 12.5. The highest BCUT2D eigenvalue weighted by atomic mass is 19.4. The fourth-order valence-electron chi connectivity index (χ4n) is 1.79. The first-order valence-electron chi connectivity index (χ1n) is 7.47. The van der Waals surface area contributed by atoms with Crippen LogP contribution in [0.3, 0.4) is 0 Å². The van der Waals surface area contributed by atoms with E-state index in [-0.39, 0.29) is 11.4 Å². The van der Waals surface area contributed by atoms with Crippen molar-refractivity contribution in [3.8, 4) is 5.75 Å². The minimum Gasteiger partial charge on any atom is -0.404 e. The summed E-state index contributed by atoms with van der Waals surface area (Å²) in [6.07, 6.45) is -1.57. The minimum atomic E-state index is -4.77. The molecule has 7 heteroatoms. The molecule has 1 aromatic rings. The Kier molecular flexibility index (Phi) is 7.64. The van der Waals surface area contributed by atoms with Crippen LogP contribution in [0.4, 0.5) is 18.9 Å². The third-order valence-electron chi connectivity index (χ3n) is 2.74. The minimum absolute atomic E-state index is 0.170. The van der Waals surface area contributed by atoms with Crippen molar-refractivity contribution in [2.24, 2.45) is 5.92 Å². The lowest BCUT2D eigenvalue weighted by Crippen LogP contribution is -2.18. The molecule has 0 fully saturated rings. The fraction of sp³-hybridized carbons (Fsp3) is 0.412. The molecule has 1 rings (SSSR count). The molecule has 0 unspecified atom stereocenters. The van der Waals surface area contributed by atoms with Gasteiger partial charge in [0.05, 0.1) is 12.3 Å². The van der Waals surface area contributed by atoms with E-state index in [1.54, 1.807) is 31.5 Å². The first-order valence-corrected chi connectivity index (χ1v) is 7.47. The van der Waals surface area contributed by atoms with Crippen LogP contribution in [0.5, 0.6) is 5.75 Å².